The van der Waals surface area contributed by atoms with Gasteiger partial charge in [0.1, 0.15) is 0 Å². The van der Waals surface area contributed by atoms with E-state index in [1.807, 2.05) is 18.2 Å². The molecule has 110 valence electrons. The monoisotopic (exact) mass is 313 g/mol. The van der Waals surface area contributed by atoms with Gasteiger partial charge in [-0.2, -0.15) is 0 Å². The van der Waals surface area contributed by atoms with E-state index in [-0.39, 0.29) is 17.5 Å². The average Bonchev–Trinajstić information content (AvgIpc) is 2.94. The van der Waals surface area contributed by atoms with Crippen LogP contribution in [0.25, 0.3) is 10.2 Å². The van der Waals surface area contributed by atoms with Crippen LogP contribution >= 0.6 is 11.3 Å². The van der Waals surface area contributed by atoms with E-state index in [4.69, 9.17) is 0 Å². The summed E-state index contributed by atoms with van der Waals surface area (Å²) in [4.78, 5) is 26.9. The lowest BCUT2D eigenvalue weighted by Gasteiger charge is -2.10. The van der Waals surface area contributed by atoms with Gasteiger partial charge in [-0.15, -0.1) is 11.3 Å². The average molecular weight is 313 g/mol. The highest BCUT2D eigenvalue weighted by Gasteiger charge is 2.18. The first-order chi connectivity index (χ1) is 10.6. The first-order valence-electron chi connectivity index (χ1n) is 6.47. The Morgan fingerprint density at radius 1 is 1.05 bits per heavy atom. The number of hydrogen-bond donors (Lipinski definition) is 2. The van der Waals surface area contributed by atoms with Crippen molar-refractivity contribution in [2.75, 3.05) is 0 Å². The maximum Gasteiger partial charge on any atom is 0.336 e. The zero-order valence-electron chi connectivity index (χ0n) is 11.3. The zero-order chi connectivity index (χ0) is 15.7. The lowest BCUT2D eigenvalue weighted by molar-refractivity contribution is 0.0696. The van der Waals surface area contributed by atoms with Crippen LogP contribution in [0.3, 0.4) is 0 Å². The molecule has 1 heterocycles. The molecule has 0 aliphatic heterocycles. The van der Waals surface area contributed by atoms with Crippen molar-refractivity contribution in [2.45, 2.75) is 6.42 Å². The van der Waals surface area contributed by atoms with Gasteiger partial charge < -0.3 is 10.2 Å². The standard InChI is InChI=1S/C16H11NO4S/c18-15(19)10-2-1-3-11(16(20)21)12(10)6-9-4-5-13-14(7-9)22-8-17-13/h1-5,7-8H,6H2,(H,18,19)(H,20,21). The van der Waals surface area contributed by atoms with E-state index in [9.17, 15) is 19.8 Å². The quantitative estimate of drug-likeness (QED) is 0.771. The van der Waals surface area contributed by atoms with E-state index in [0.717, 1.165) is 15.8 Å². The number of aromatic nitrogens is 1. The van der Waals surface area contributed by atoms with Crippen LogP contribution < -0.4 is 0 Å². The molecule has 0 bridgehead atoms. The van der Waals surface area contributed by atoms with Crippen molar-refractivity contribution in [3.05, 3.63) is 64.2 Å². The number of hydrogen-bond acceptors (Lipinski definition) is 4. The van der Waals surface area contributed by atoms with Gasteiger partial charge in [-0.05, 0) is 41.8 Å². The number of aromatic carboxylic acids is 2. The van der Waals surface area contributed by atoms with Crippen molar-refractivity contribution in [1.29, 1.82) is 0 Å². The Balaban J connectivity index is 2.10. The van der Waals surface area contributed by atoms with Crippen LogP contribution in [-0.4, -0.2) is 27.1 Å². The van der Waals surface area contributed by atoms with E-state index >= 15 is 0 Å². The Morgan fingerprint density at radius 2 is 1.73 bits per heavy atom. The molecule has 0 atom stereocenters. The minimum atomic E-state index is -1.13. The Kier molecular flexibility index (Phi) is 3.60. The molecule has 2 N–H and O–H groups in total. The number of carbonyl (C=O) groups is 2. The molecule has 5 nitrogen and oxygen atoms in total. The van der Waals surface area contributed by atoms with E-state index < -0.39 is 11.9 Å². The van der Waals surface area contributed by atoms with Crippen molar-refractivity contribution in [3.63, 3.8) is 0 Å². The van der Waals surface area contributed by atoms with Crippen molar-refractivity contribution in [3.8, 4) is 0 Å². The molecular formula is C16H11NO4S. The summed E-state index contributed by atoms with van der Waals surface area (Å²) in [5.74, 6) is -2.26. The van der Waals surface area contributed by atoms with Crippen LogP contribution in [0.2, 0.25) is 0 Å². The Hall–Kier alpha value is -2.73. The molecule has 3 rings (SSSR count). The van der Waals surface area contributed by atoms with Crippen molar-refractivity contribution < 1.29 is 19.8 Å². The summed E-state index contributed by atoms with van der Waals surface area (Å²) < 4.78 is 0.988. The van der Waals surface area contributed by atoms with Crippen LogP contribution in [0.5, 0.6) is 0 Å². The minimum Gasteiger partial charge on any atom is -0.478 e. The maximum atomic E-state index is 11.4. The number of thiazole rings is 1. The lowest BCUT2D eigenvalue weighted by Crippen LogP contribution is -2.10. The summed E-state index contributed by atoms with van der Waals surface area (Å²) in [6.07, 6.45) is 0.248. The molecule has 0 spiro atoms. The lowest BCUT2D eigenvalue weighted by atomic mass is 9.94. The van der Waals surface area contributed by atoms with Crippen LogP contribution in [-0.2, 0) is 6.42 Å². The molecule has 22 heavy (non-hydrogen) atoms. The van der Waals surface area contributed by atoms with Crippen molar-refractivity contribution >= 4 is 33.5 Å². The number of nitrogens with zero attached hydrogens (tertiary/aromatic N) is 1. The second kappa shape index (κ2) is 5.57. The molecule has 0 aliphatic carbocycles. The normalized spacial score (nSPS) is 10.7. The fourth-order valence-electron chi connectivity index (χ4n) is 2.39. The number of rotatable bonds is 4. The molecule has 2 aromatic carbocycles. The molecule has 1 aromatic heterocycles. The van der Waals surface area contributed by atoms with Crippen LogP contribution in [0, 0.1) is 0 Å². The van der Waals surface area contributed by atoms with Gasteiger partial charge in [0.25, 0.3) is 0 Å². The molecule has 3 aromatic rings. The molecule has 0 unspecified atom stereocenters. The molecule has 6 heteroatoms. The summed E-state index contributed by atoms with van der Waals surface area (Å²) in [6.45, 7) is 0. The van der Waals surface area contributed by atoms with Gasteiger partial charge in [0.15, 0.2) is 0 Å². The fraction of sp³-hybridized carbons (Fsp3) is 0.0625. The van der Waals surface area contributed by atoms with Crippen LogP contribution in [0.4, 0.5) is 0 Å². The number of benzene rings is 2. The molecule has 0 amide bonds. The molecule has 0 radical (unpaired) electrons. The largest absolute Gasteiger partial charge is 0.478 e. The SMILES string of the molecule is O=C(O)c1cccc(C(=O)O)c1Cc1ccc2ncsc2c1. The van der Waals surface area contributed by atoms with Gasteiger partial charge >= 0.3 is 11.9 Å². The van der Waals surface area contributed by atoms with Gasteiger partial charge in [0.2, 0.25) is 0 Å². The number of carboxylic acid groups (broad SMARTS) is 2. The number of fused-ring (bicyclic) bond motifs is 1. The molecular weight excluding hydrogens is 302 g/mol. The highest BCUT2D eigenvalue weighted by atomic mass is 32.1. The Morgan fingerprint density at radius 3 is 2.36 bits per heavy atom. The maximum absolute atomic E-state index is 11.4. The third-order valence-electron chi connectivity index (χ3n) is 3.41. The molecule has 0 fully saturated rings. The predicted molar refractivity (Wildman–Crippen MR) is 82.8 cm³/mol. The van der Waals surface area contributed by atoms with E-state index in [0.29, 0.717) is 5.56 Å². The summed E-state index contributed by atoms with van der Waals surface area (Å²) in [5, 5.41) is 18.6. The second-order valence-electron chi connectivity index (χ2n) is 4.77. The van der Waals surface area contributed by atoms with Gasteiger partial charge in [0, 0.05) is 0 Å². The van der Waals surface area contributed by atoms with E-state index in [1.165, 1.54) is 29.5 Å². The predicted octanol–water partition coefficient (Wildman–Crippen LogP) is 3.28. The zero-order valence-corrected chi connectivity index (χ0v) is 12.1. The summed E-state index contributed by atoms with van der Waals surface area (Å²) in [5.41, 5.74) is 3.81. The Bertz CT molecular complexity index is 852. The minimum absolute atomic E-state index is 0.0179. The van der Waals surface area contributed by atoms with Crippen LogP contribution in [0.1, 0.15) is 31.8 Å². The molecule has 0 aliphatic rings. The van der Waals surface area contributed by atoms with Gasteiger partial charge in [-0.25, -0.2) is 14.6 Å². The second-order valence-corrected chi connectivity index (χ2v) is 5.66. The summed E-state index contributed by atoms with van der Waals surface area (Å²) in [7, 11) is 0. The summed E-state index contributed by atoms with van der Waals surface area (Å²) >= 11 is 1.49. The van der Waals surface area contributed by atoms with Gasteiger partial charge in [-0.1, -0.05) is 12.1 Å². The van der Waals surface area contributed by atoms with Crippen molar-refractivity contribution in [2.24, 2.45) is 0 Å². The fourth-order valence-corrected chi connectivity index (χ4v) is 3.13. The van der Waals surface area contributed by atoms with Crippen LogP contribution in [0.15, 0.2) is 41.9 Å². The van der Waals surface area contributed by atoms with E-state index in [1.54, 1.807) is 5.51 Å². The highest BCUT2D eigenvalue weighted by molar-refractivity contribution is 7.16. The first kappa shape index (κ1) is 14.2. The third kappa shape index (κ3) is 2.56. The highest BCUT2D eigenvalue weighted by Crippen LogP contribution is 2.24. The smallest absolute Gasteiger partial charge is 0.336 e. The van der Waals surface area contributed by atoms with Gasteiger partial charge in [-0.3, -0.25) is 0 Å². The number of carboxylic acids is 2. The Labute approximate surface area is 129 Å². The van der Waals surface area contributed by atoms with Gasteiger partial charge in [0.05, 0.1) is 26.9 Å². The van der Waals surface area contributed by atoms with E-state index in [2.05, 4.69) is 4.98 Å². The van der Waals surface area contributed by atoms with Crippen molar-refractivity contribution in [1.82, 2.24) is 4.98 Å². The molecule has 0 saturated carbocycles. The summed E-state index contributed by atoms with van der Waals surface area (Å²) in [6, 6.07) is 9.90. The topological polar surface area (TPSA) is 87.5 Å². The molecule has 0 saturated heterocycles. The third-order valence-corrected chi connectivity index (χ3v) is 4.21. The first-order valence-corrected chi connectivity index (χ1v) is 7.35.